The third-order valence-corrected chi connectivity index (χ3v) is 6.26. The number of hydrogen-bond donors (Lipinski definition) is 3. The summed E-state index contributed by atoms with van der Waals surface area (Å²) in [5.74, 6) is 0.858. The van der Waals surface area contributed by atoms with Crippen LogP contribution in [-0.4, -0.2) is 59.3 Å². The minimum atomic E-state index is 0.615. The zero-order valence-corrected chi connectivity index (χ0v) is 19.6. The topological polar surface area (TPSA) is 69.1 Å². The number of nitrogens with zero attached hydrogens (tertiary/aromatic N) is 1. The highest BCUT2D eigenvalue weighted by Gasteiger charge is 2.10. The Bertz CT molecular complexity index is 1470. The summed E-state index contributed by atoms with van der Waals surface area (Å²) in [6.07, 6.45) is 4.47. The van der Waals surface area contributed by atoms with Crippen molar-refractivity contribution < 1.29 is 9.47 Å². The lowest BCUT2D eigenvalue weighted by Gasteiger charge is -2.25. The van der Waals surface area contributed by atoms with E-state index in [0.29, 0.717) is 6.61 Å². The molecule has 172 valence electrons. The summed E-state index contributed by atoms with van der Waals surface area (Å²) in [6.45, 7) is 11.3. The number of aryl methyl sites for hydroxylation is 2. The Morgan fingerprint density at radius 1 is 1.06 bits per heavy atom. The van der Waals surface area contributed by atoms with Crippen LogP contribution in [0.5, 0.6) is 5.75 Å². The maximum absolute atomic E-state index is 6.00. The van der Waals surface area contributed by atoms with Gasteiger partial charge in [-0.1, -0.05) is 24.3 Å². The Morgan fingerprint density at radius 3 is 2.64 bits per heavy atom. The van der Waals surface area contributed by atoms with E-state index in [1.807, 2.05) is 6.92 Å². The zero-order chi connectivity index (χ0) is 22.8. The number of benzene rings is 1. The number of morpholine rings is 1. The van der Waals surface area contributed by atoms with Gasteiger partial charge in [0.2, 0.25) is 0 Å². The lowest BCUT2D eigenvalue weighted by atomic mass is 10.2. The molecule has 1 aromatic carbocycles. The molecule has 0 unspecified atom stereocenters. The van der Waals surface area contributed by atoms with E-state index >= 15 is 0 Å². The fourth-order valence-electron chi connectivity index (χ4n) is 4.60. The minimum absolute atomic E-state index is 0.615. The molecule has 4 aromatic rings. The average molecular weight is 445 g/mol. The maximum atomic E-state index is 6.00. The fourth-order valence-corrected chi connectivity index (χ4v) is 4.60. The van der Waals surface area contributed by atoms with Crippen molar-refractivity contribution in [1.29, 1.82) is 0 Å². The SMILES string of the molecule is CCOc1c/c(=c2/[nH]c3ccccc3/c2=C/CN2CCOCC2)[nH]/c1=C\c1[nH]c(C)cc1C. The summed E-state index contributed by atoms with van der Waals surface area (Å²) in [4.78, 5) is 13.1. The van der Waals surface area contributed by atoms with E-state index < -0.39 is 0 Å². The van der Waals surface area contributed by atoms with Gasteiger partial charge in [0, 0.05) is 53.2 Å². The highest BCUT2D eigenvalue weighted by atomic mass is 16.5. The molecular formula is C27H32N4O2. The number of rotatable bonds is 5. The van der Waals surface area contributed by atoms with Crippen molar-refractivity contribution in [3.05, 3.63) is 74.6 Å². The van der Waals surface area contributed by atoms with Crippen LogP contribution in [0.2, 0.25) is 0 Å². The number of aromatic amines is 3. The van der Waals surface area contributed by atoms with Gasteiger partial charge in [-0.2, -0.15) is 0 Å². The predicted octanol–water partition coefficient (Wildman–Crippen LogP) is 3.07. The second kappa shape index (κ2) is 9.33. The van der Waals surface area contributed by atoms with E-state index in [4.69, 9.17) is 9.47 Å². The van der Waals surface area contributed by atoms with E-state index in [1.165, 1.54) is 16.2 Å². The second-order valence-electron chi connectivity index (χ2n) is 8.66. The number of hydrogen-bond acceptors (Lipinski definition) is 3. The summed E-state index contributed by atoms with van der Waals surface area (Å²) in [5, 5.41) is 5.53. The van der Waals surface area contributed by atoms with Crippen LogP contribution in [-0.2, 0) is 4.74 Å². The number of ether oxygens (including phenoxy) is 2. The van der Waals surface area contributed by atoms with Crippen LogP contribution in [0.3, 0.4) is 0 Å². The molecule has 6 nitrogen and oxygen atoms in total. The molecule has 33 heavy (non-hydrogen) atoms. The normalized spacial score (nSPS) is 17.3. The second-order valence-corrected chi connectivity index (χ2v) is 8.66. The third kappa shape index (κ3) is 4.49. The lowest BCUT2D eigenvalue weighted by Crippen LogP contribution is -2.36. The monoisotopic (exact) mass is 444 g/mol. The summed E-state index contributed by atoms with van der Waals surface area (Å²) in [5.41, 5.74) is 4.60. The third-order valence-electron chi connectivity index (χ3n) is 6.26. The number of para-hydroxylation sites is 1. The van der Waals surface area contributed by atoms with Crippen molar-refractivity contribution in [2.45, 2.75) is 20.8 Å². The first-order chi connectivity index (χ1) is 16.1. The molecular weight excluding hydrogens is 412 g/mol. The van der Waals surface area contributed by atoms with E-state index in [-0.39, 0.29) is 0 Å². The molecule has 0 amide bonds. The standard InChI is InChI=1S/C27H32N4O2/c1-4-33-26-17-25(29-24(26)16-23-18(2)15-19(3)28-23)27-21(9-10-31-11-13-32-14-12-31)20-7-5-6-8-22(20)30-27/h5-9,15-17,28-30H,4,10-14H2,1-3H3/b21-9-,24-16-,27-25-. The Labute approximate surface area is 193 Å². The number of H-pyrrole nitrogens is 3. The number of fused-ring (bicyclic) bond motifs is 1. The first-order valence-electron chi connectivity index (χ1n) is 11.7. The van der Waals surface area contributed by atoms with Gasteiger partial charge < -0.3 is 24.4 Å². The van der Waals surface area contributed by atoms with Crippen LogP contribution in [0.4, 0.5) is 0 Å². The minimum Gasteiger partial charge on any atom is -0.492 e. The molecule has 4 heterocycles. The van der Waals surface area contributed by atoms with Crippen molar-refractivity contribution in [3.8, 4) is 5.75 Å². The van der Waals surface area contributed by atoms with E-state index in [1.54, 1.807) is 0 Å². The highest BCUT2D eigenvalue weighted by molar-refractivity contribution is 5.81. The van der Waals surface area contributed by atoms with E-state index in [2.05, 4.69) is 82.2 Å². The molecule has 0 saturated carbocycles. The molecule has 0 bridgehead atoms. The van der Waals surface area contributed by atoms with Gasteiger partial charge in [-0.05, 0) is 44.5 Å². The highest BCUT2D eigenvalue weighted by Crippen LogP contribution is 2.13. The van der Waals surface area contributed by atoms with Crippen LogP contribution < -0.4 is 15.3 Å². The average Bonchev–Trinajstić information content (AvgIpc) is 3.48. The Kier molecular flexibility index (Phi) is 6.11. The van der Waals surface area contributed by atoms with Crippen molar-refractivity contribution in [1.82, 2.24) is 19.9 Å². The van der Waals surface area contributed by atoms with Crippen LogP contribution >= 0.6 is 0 Å². The van der Waals surface area contributed by atoms with Crippen molar-refractivity contribution in [2.24, 2.45) is 0 Å². The van der Waals surface area contributed by atoms with Gasteiger partial charge in [0.25, 0.3) is 0 Å². The van der Waals surface area contributed by atoms with Crippen LogP contribution in [0.1, 0.15) is 23.9 Å². The van der Waals surface area contributed by atoms with E-state index in [0.717, 1.165) is 71.5 Å². The largest absolute Gasteiger partial charge is 0.492 e. The molecule has 0 aliphatic carbocycles. The summed E-state index contributed by atoms with van der Waals surface area (Å²) >= 11 is 0. The van der Waals surface area contributed by atoms with Gasteiger partial charge in [-0.3, -0.25) is 4.90 Å². The van der Waals surface area contributed by atoms with Crippen molar-refractivity contribution in [3.63, 3.8) is 0 Å². The van der Waals surface area contributed by atoms with Gasteiger partial charge >= 0.3 is 0 Å². The van der Waals surface area contributed by atoms with Gasteiger partial charge in [0.05, 0.1) is 35.9 Å². The fraction of sp³-hybridized carbons (Fsp3) is 0.333. The number of aromatic nitrogens is 3. The summed E-state index contributed by atoms with van der Waals surface area (Å²) < 4.78 is 11.5. The number of nitrogens with one attached hydrogen (secondary N) is 3. The molecule has 3 N–H and O–H groups in total. The van der Waals surface area contributed by atoms with Gasteiger partial charge in [0.1, 0.15) is 5.75 Å². The molecule has 1 saturated heterocycles. The lowest BCUT2D eigenvalue weighted by molar-refractivity contribution is 0.0449. The molecule has 1 aliphatic rings. The smallest absolute Gasteiger partial charge is 0.144 e. The maximum Gasteiger partial charge on any atom is 0.144 e. The van der Waals surface area contributed by atoms with Gasteiger partial charge in [0.15, 0.2) is 0 Å². The van der Waals surface area contributed by atoms with Crippen LogP contribution in [0.15, 0.2) is 36.4 Å². The van der Waals surface area contributed by atoms with Crippen molar-refractivity contribution >= 4 is 23.1 Å². The summed E-state index contributed by atoms with van der Waals surface area (Å²) in [6, 6.07) is 12.8. The first-order valence-corrected chi connectivity index (χ1v) is 11.7. The quantitative estimate of drug-likeness (QED) is 0.443. The Balaban J connectivity index is 1.73. The molecule has 0 atom stereocenters. The first kappa shape index (κ1) is 21.6. The van der Waals surface area contributed by atoms with E-state index in [9.17, 15) is 0 Å². The Morgan fingerprint density at radius 2 is 1.88 bits per heavy atom. The van der Waals surface area contributed by atoms with Gasteiger partial charge in [-0.25, -0.2) is 0 Å². The molecule has 3 aromatic heterocycles. The predicted molar refractivity (Wildman–Crippen MR) is 133 cm³/mol. The molecule has 6 heteroatoms. The Hall–Kier alpha value is -3.22. The summed E-state index contributed by atoms with van der Waals surface area (Å²) in [7, 11) is 0. The molecule has 1 fully saturated rings. The molecule has 5 rings (SSSR count). The van der Waals surface area contributed by atoms with Crippen molar-refractivity contribution in [2.75, 3.05) is 39.5 Å². The van der Waals surface area contributed by atoms with Crippen LogP contribution in [0.25, 0.3) is 23.1 Å². The molecule has 0 spiro atoms. The molecule has 0 radical (unpaired) electrons. The van der Waals surface area contributed by atoms with Crippen LogP contribution in [0, 0.1) is 24.5 Å². The molecule has 1 aliphatic heterocycles. The van der Waals surface area contributed by atoms with Gasteiger partial charge in [-0.15, -0.1) is 0 Å². The zero-order valence-electron chi connectivity index (χ0n) is 19.6.